The molecule has 0 aromatic heterocycles. The number of amides is 1. The molecule has 3 aliphatic rings. The van der Waals surface area contributed by atoms with Gasteiger partial charge in [-0.2, -0.15) is 0 Å². The molecule has 0 bridgehead atoms. The highest BCUT2D eigenvalue weighted by Crippen LogP contribution is 2.39. The van der Waals surface area contributed by atoms with Crippen LogP contribution >= 0.6 is 0 Å². The number of benzene rings is 2. The molecular formula is C24H29N3O3. The topological polar surface area (TPSA) is 45.3 Å². The van der Waals surface area contributed by atoms with Crippen molar-refractivity contribution in [2.75, 3.05) is 57.4 Å². The molecule has 30 heavy (non-hydrogen) atoms. The third-order valence-corrected chi connectivity index (χ3v) is 6.31. The molecule has 0 saturated carbocycles. The molecule has 1 saturated heterocycles. The van der Waals surface area contributed by atoms with E-state index in [2.05, 4.69) is 21.9 Å². The first-order chi connectivity index (χ1) is 14.8. The van der Waals surface area contributed by atoms with Gasteiger partial charge in [0.1, 0.15) is 13.2 Å². The van der Waals surface area contributed by atoms with Gasteiger partial charge in [0.2, 0.25) is 0 Å². The summed E-state index contributed by atoms with van der Waals surface area (Å²) in [6.45, 7) is 8.06. The van der Waals surface area contributed by atoms with Crippen molar-refractivity contribution in [3.63, 3.8) is 0 Å². The number of unbranched alkanes of at least 4 members (excludes halogenated alkanes) is 1. The van der Waals surface area contributed by atoms with Gasteiger partial charge in [0.25, 0.3) is 5.91 Å². The quantitative estimate of drug-likeness (QED) is 0.689. The Hall–Kier alpha value is -2.73. The van der Waals surface area contributed by atoms with Crippen LogP contribution in [0.4, 0.5) is 5.69 Å². The molecule has 5 rings (SSSR count). The smallest absolute Gasteiger partial charge is 0.254 e. The maximum Gasteiger partial charge on any atom is 0.254 e. The van der Waals surface area contributed by atoms with E-state index in [4.69, 9.17) is 9.47 Å². The van der Waals surface area contributed by atoms with Crippen molar-refractivity contribution in [2.24, 2.45) is 0 Å². The first-order valence-corrected chi connectivity index (χ1v) is 11.0. The summed E-state index contributed by atoms with van der Waals surface area (Å²) in [7, 11) is 0. The van der Waals surface area contributed by atoms with E-state index >= 15 is 0 Å². The minimum atomic E-state index is 0.191. The second-order valence-corrected chi connectivity index (χ2v) is 8.22. The van der Waals surface area contributed by atoms with E-state index in [9.17, 15) is 4.79 Å². The SMILES string of the molecule is O=C1c2ccccc2CN1CCCCN1CCN(c2cccc3c2OCCO3)CC1. The Morgan fingerprint density at radius 1 is 0.833 bits per heavy atom. The molecule has 2 aromatic rings. The number of anilines is 1. The van der Waals surface area contributed by atoms with E-state index in [1.807, 2.05) is 35.2 Å². The molecule has 0 atom stereocenters. The van der Waals surface area contributed by atoms with Crippen LogP contribution in [0.2, 0.25) is 0 Å². The zero-order chi connectivity index (χ0) is 20.3. The average Bonchev–Trinajstić information content (AvgIpc) is 3.12. The van der Waals surface area contributed by atoms with Crippen molar-refractivity contribution >= 4 is 11.6 Å². The van der Waals surface area contributed by atoms with E-state index in [0.717, 1.165) is 87.0 Å². The van der Waals surface area contributed by atoms with E-state index in [0.29, 0.717) is 13.2 Å². The molecule has 0 N–H and O–H groups in total. The van der Waals surface area contributed by atoms with Crippen LogP contribution in [0, 0.1) is 0 Å². The minimum absolute atomic E-state index is 0.191. The van der Waals surface area contributed by atoms with E-state index in [1.54, 1.807) is 0 Å². The number of rotatable bonds is 6. The first-order valence-electron chi connectivity index (χ1n) is 11.0. The summed E-state index contributed by atoms with van der Waals surface area (Å²) in [4.78, 5) is 19.4. The Morgan fingerprint density at radius 2 is 1.63 bits per heavy atom. The molecule has 0 aliphatic carbocycles. The van der Waals surface area contributed by atoms with Gasteiger partial charge in [0.15, 0.2) is 11.5 Å². The number of hydrogen-bond donors (Lipinski definition) is 0. The molecule has 0 radical (unpaired) electrons. The number of fused-ring (bicyclic) bond motifs is 2. The molecule has 2 aromatic carbocycles. The van der Waals surface area contributed by atoms with Gasteiger partial charge in [-0.25, -0.2) is 0 Å². The summed E-state index contributed by atoms with van der Waals surface area (Å²) >= 11 is 0. The van der Waals surface area contributed by atoms with Gasteiger partial charge in [-0.1, -0.05) is 24.3 Å². The zero-order valence-electron chi connectivity index (χ0n) is 17.4. The van der Waals surface area contributed by atoms with Crippen LogP contribution in [-0.4, -0.2) is 68.2 Å². The third-order valence-electron chi connectivity index (χ3n) is 6.31. The molecule has 1 amide bonds. The summed E-state index contributed by atoms with van der Waals surface area (Å²) in [6.07, 6.45) is 2.18. The fourth-order valence-electron chi connectivity index (χ4n) is 4.65. The third kappa shape index (κ3) is 3.84. The van der Waals surface area contributed by atoms with Gasteiger partial charge in [-0.15, -0.1) is 0 Å². The molecule has 158 valence electrons. The highest BCUT2D eigenvalue weighted by molar-refractivity contribution is 5.98. The largest absolute Gasteiger partial charge is 0.486 e. The van der Waals surface area contributed by atoms with Gasteiger partial charge in [0.05, 0.1) is 5.69 Å². The van der Waals surface area contributed by atoms with Crippen molar-refractivity contribution < 1.29 is 14.3 Å². The van der Waals surface area contributed by atoms with Crippen molar-refractivity contribution in [3.05, 3.63) is 53.6 Å². The predicted molar refractivity (Wildman–Crippen MR) is 117 cm³/mol. The Kier molecular flexibility index (Phi) is 5.49. The molecule has 0 spiro atoms. The summed E-state index contributed by atoms with van der Waals surface area (Å²) < 4.78 is 11.6. The van der Waals surface area contributed by atoms with Gasteiger partial charge < -0.3 is 19.3 Å². The fraction of sp³-hybridized carbons (Fsp3) is 0.458. The molecule has 1 fully saturated rings. The number of carbonyl (C=O) groups is 1. The van der Waals surface area contributed by atoms with Gasteiger partial charge in [0, 0.05) is 44.8 Å². The van der Waals surface area contributed by atoms with Crippen LogP contribution in [0.5, 0.6) is 11.5 Å². The van der Waals surface area contributed by atoms with E-state index in [1.165, 1.54) is 0 Å². The standard InChI is InChI=1S/C24H29N3O3/c28-24-20-7-2-1-6-19(20)18-27(24)11-4-3-10-25-12-14-26(15-13-25)21-8-5-9-22-23(21)30-17-16-29-22/h1-2,5-9H,3-4,10-18H2. The molecule has 3 aliphatic heterocycles. The Morgan fingerprint density at radius 3 is 2.50 bits per heavy atom. The van der Waals surface area contributed by atoms with Gasteiger partial charge in [-0.05, 0) is 43.1 Å². The number of carbonyl (C=O) groups excluding carboxylic acids is 1. The highest BCUT2D eigenvalue weighted by Gasteiger charge is 2.26. The first kappa shape index (κ1) is 19.2. The average molecular weight is 408 g/mol. The molecular weight excluding hydrogens is 378 g/mol. The van der Waals surface area contributed by atoms with Crippen molar-refractivity contribution in [2.45, 2.75) is 19.4 Å². The van der Waals surface area contributed by atoms with E-state index < -0.39 is 0 Å². The van der Waals surface area contributed by atoms with Gasteiger partial charge in [-0.3, -0.25) is 9.69 Å². The summed E-state index contributed by atoms with van der Waals surface area (Å²) in [5.41, 5.74) is 3.20. The molecule has 0 unspecified atom stereocenters. The van der Waals surface area contributed by atoms with E-state index in [-0.39, 0.29) is 5.91 Å². The lowest BCUT2D eigenvalue weighted by molar-refractivity contribution is 0.0774. The molecule has 6 nitrogen and oxygen atoms in total. The monoisotopic (exact) mass is 407 g/mol. The highest BCUT2D eigenvalue weighted by atomic mass is 16.6. The van der Waals surface area contributed by atoms with Crippen LogP contribution in [0.15, 0.2) is 42.5 Å². The Labute approximate surface area is 178 Å². The number of hydrogen-bond acceptors (Lipinski definition) is 5. The van der Waals surface area contributed by atoms with Crippen LogP contribution in [0.1, 0.15) is 28.8 Å². The van der Waals surface area contributed by atoms with Crippen molar-refractivity contribution in [1.29, 1.82) is 0 Å². The minimum Gasteiger partial charge on any atom is -0.486 e. The molecule has 6 heteroatoms. The summed E-state index contributed by atoms with van der Waals surface area (Å²) in [5.74, 6) is 1.95. The number of ether oxygens (including phenoxy) is 2. The van der Waals surface area contributed by atoms with Crippen molar-refractivity contribution in [1.82, 2.24) is 9.80 Å². The van der Waals surface area contributed by atoms with Crippen LogP contribution in [0.25, 0.3) is 0 Å². The maximum absolute atomic E-state index is 12.5. The van der Waals surface area contributed by atoms with Gasteiger partial charge >= 0.3 is 0 Å². The lowest BCUT2D eigenvalue weighted by Crippen LogP contribution is -2.46. The van der Waals surface area contributed by atoms with Crippen molar-refractivity contribution in [3.8, 4) is 11.5 Å². The molecule has 3 heterocycles. The Balaban J connectivity index is 1.06. The normalized spacial score (nSPS) is 18.6. The summed E-state index contributed by atoms with van der Waals surface area (Å²) in [6, 6.07) is 14.1. The fourth-order valence-corrected chi connectivity index (χ4v) is 4.65. The Bertz CT molecular complexity index is 908. The van der Waals surface area contributed by atoms with Crippen LogP contribution < -0.4 is 14.4 Å². The lowest BCUT2D eigenvalue weighted by atomic mass is 10.1. The summed E-state index contributed by atoms with van der Waals surface area (Å²) in [5, 5.41) is 0. The lowest BCUT2D eigenvalue weighted by Gasteiger charge is -2.37. The number of piperazine rings is 1. The van der Waals surface area contributed by atoms with Crippen LogP contribution in [0.3, 0.4) is 0 Å². The second-order valence-electron chi connectivity index (χ2n) is 8.22. The van der Waals surface area contributed by atoms with Crippen LogP contribution in [-0.2, 0) is 6.54 Å². The predicted octanol–water partition coefficient (Wildman–Crippen LogP) is 3.02. The maximum atomic E-state index is 12.5. The number of para-hydroxylation sites is 1. The second kappa shape index (κ2) is 8.56. The zero-order valence-corrected chi connectivity index (χ0v) is 17.4. The number of nitrogens with zero attached hydrogens (tertiary/aromatic N) is 3.